The molecular formula is C16H35IN4O. The predicted molar refractivity (Wildman–Crippen MR) is 105 cm³/mol. The van der Waals surface area contributed by atoms with Crippen LogP contribution in [0.25, 0.3) is 0 Å². The highest BCUT2D eigenvalue weighted by Crippen LogP contribution is 2.15. The molecule has 5 nitrogen and oxygen atoms in total. The Kier molecular flexibility index (Phi) is 12.3. The molecule has 0 bridgehead atoms. The highest BCUT2D eigenvalue weighted by molar-refractivity contribution is 14.0. The minimum absolute atomic E-state index is 0. The van der Waals surface area contributed by atoms with Gasteiger partial charge in [0.05, 0.1) is 6.61 Å². The summed E-state index contributed by atoms with van der Waals surface area (Å²) in [5, 5.41) is 6.93. The second-order valence-electron chi connectivity index (χ2n) is 6.41. The van der Waals surface area contributed by atoms with E-state index < -0.39 is 0 Å². The maximum Gasteiger partial charge on any atom is 0.191 e. The molecular weight excluding hydrogens is 391 g/mol. The molecule has 0 aromatic rings. The second kappa shape index (κ2) is 12.4. The molecule has 1 aliphatic heterocycles. The molecule has 6 heteroatoms. The van der Waals surface area contributed by atoms with Crippen LogP contribution in [-0.4, -0.2) is 63.8 Å². The molecule has 0 spiro atoms. The molecule has 1 fully saturated rings. The van der Waals surface area contributed by atoms with Crippen LogP contribution in [0.15, 0.2) is 4.99 Å². The normalized spacial score (nSPS) is 18.9. The molecule has 0 aliphatic carbocycles. The molecule has 1 atom stereocenters. The summed E-state index contributed by atoms with van der Waals surface area (Å²) < 4.78 is 5.14. The number of aliphatic imine (C=N–C) groups is 1. The highest BCUT2D eigenvalue weighted by Gasteiger charge is 2.19. The van der Waals surface area contributed by atoms with Gasteiger partial charge < -0.3 is 20.3 Å². The molecule has 0 saturated carbocycles. The Bertz CT molecular complexity index is 305. The van der Waals surface area contributed by atoms with Crippen LogP contribution in [-0.2, 0) is 4.74 Å². The minimum Gasteiger partial charge on any atom is -0.383 e. The molecule has 2 N–H and O–H groups in total. The Balaban J connectivity index is 0.00000441. The zero-order chi connectivity index (χ0) is 15.7. The van der Waals surface area contributed by atoms with Gasteiger partial charge in [0.1, 0.15) is 0 Å². The van der Waals surface area contributed by atoms with E-state index >= 15 is 0 Å². The second-order valence-corrected chi connectivity index (χ2v) is 6.41. The van der Waals surface area contributed by atoms with Crippen molar-refractivity contribution >= 4 is 29.9 Å². The average molecular weight is 426 g/mol. The first-order chi connectivity index (χ1) is 10.1. The van der Waals surface area contributed by atoms with Gasteiger partial charge in [0, 0.05) is 33.3 Å². The van der Waals surface area contributed by atoms with Crippen molar-refractivity contribution in [3.05, 3.63) is 0 Å². The van der Waals surface area contributed by atoms with Crippen LogP contribution in [0.3, 0.4) is 0 Å². The van der Waals surface area contributed by atoms with Gasteiger partial charge in [0.25, 0.3) is 0 Å². The lowest BCUT2D eigenvalue weighted by Crippen LogP contribution is -2.47. The summed E-state index contributed by atoms with van der Waals surface area (Å²) in [5.41, 5.74) is 0. The quantitative estimate of drug-likeness (QED) is 0.372. The monoisotopic (exact) mass is 426 g/mol. The van der Waals surface area contributed by atoms with Crippen LogP contribution >= 0.6 is 24.0 Å². The highest BCUT2D eigenvalue weighted by atomic mass is 127. The molecule has 1 rings (SSSR count). The number of nitrogens with one attached hydrogen (secondary N) is 2. The molecule has 132 valence electrons. The van der Waals surface area contributed by atoms with Crippen molar-refractivity contribution in [2.24, 2.45) is 16.8 Å². The number of hydrogen-bond acceptors (Lipinski definition) is 3. The largest absolute Gasteiger partial charge is 0.383 e. The Morgan fingerprint density at radius 1 is 1.27 bits per heavy atom. The summed E-state index contributed by atoms with van der Waals surface area (Å²) in [6, 6.07) is 0.437. The molecule has 0 aromatic carbocycles. The molecule has 1 aliphatic rings. The zero-order valence-electron chi connectivity index (χ0n) is 14.9. The number of guanidine groups is 1. The molecule has 0 radical (unpaired) electrons. The van der Waals surface area contributed by atoms with Crippen molar-refractivity contribution in [1.82, 2.24) is 15.5 Å². The standard InChI is InChI=1S/C16H34N4O.HI/c1-13(2)14(3)19-16(17-4)18-12-15-6-8-20(9-7-15)10-11-21-5;/h13-15H,6-12H2,1-5H3,(H2,17,18,19);1H. The third kappa shape index (κ3) is 8.53. The Hall–Kier alpha value is -0.0800. The number of methoxy groups -OCH3 is 1. The lowest BCUT2D eigenvalue weighted by Gasteiger charge is -2.32. The SMILES string of the molecule is CN=C(NCC1CCN(CCOC)CC1)NC(C)C(C)C.I. The molecule has 0 aromatic heterocycles. The summed E-state index contributed by atoms with van der Waals surface area (Å²) in [5.74, 6) is 2.28. The fourth-order valence-corrected chi connectivity index (χ4v) is 2.45. The summed E-state index contributed by atoms with van der Waals surface area (Å²) in [6.45, 7) is 11.9. The fraction of sp³-hybridized carbons (Fsp3) is 0.938. The number of nitrogens with zero attached hydrogens (tertiary/aromatic N) is 2. The van der Waals surface area contributed by atoms with Crippen LogP contribution < -0.4 is 10.6 Å². The van der Waals surface area contributed by atoms with E-state index in [0.717, 1.165) is 31.6 Å². The number of rotatable bonds is 7. The first-order valence-electron chi connectivity index (χ1n) is 8.25. The summed E-state index contributed by atoms with van der Waals surface area (Å²) >= 11 is 0. The van der Waals surface area contributed by atoms with E-state index in [-0.39, 0.29) is 24.0 Å². The predicted octanol–water partition coefficient (Wildman–Crippen LogP) is 2.17. The summed E-state index contributed by atoms with van der Waals surface area (Å²) in [6.07, 6.45) is 2.51. The molecule has 1 heterocycles. The van der Waals surface area contributed by atoms with Gasteiger partial charge in [0.15, 0.2) is 5.96 Å². The van der Waals surface area contributed by atoms with Crippen molar-refractivity contribution in [1.29, 1.82) is 0 Å². The lowest BCUT2D eigenvalue weighted by atomic mass is 9.97. The molecule has 1 unspecified atom stereocenters. The van der Waals surface area contributed by atoms with Crippen LogP contribution in [0.5, 0.6) is 0 Å². The number of halogens is 1. The van der Waals surface area contributed by atoms with E-state index in [0.29, 0.717) is 12.0 Å². The van der Waals surface area contributed by atoms with Crippen molar-refractivity contribution in [3.8, 4) is 0 Å². The molecule has 1 saturated heterocycles. The van der Waals surface area contributed by atoms with Crippen molar-refractivity contribution in [2.75, 3.05) is 46.9 Å². The van der Waals surface area contributed by atoms with Crippen LogP contribution in [0.4, 0.5) is 0 Å². The Labute approximate surface area is 153 Å². The number of hydrogen-bond donors (Lipinski definition) is 2. The average Bonchev–Trinajstić information content (AvgIpc) is 2.50. The van der Waals surface area contributed by atoms with Crippen molar-refractivity contribution < 1.29 is 4.74 Å². The van der Waals surface area contributed by atoms with E-state index in [1.165, 1.54) is 25.9 Å². The van der Waals surface area contributed by atoms with E-state index in [1.807, 2.05) is 7.05 Å². The molecule has 0 amide bonds. The maximum absolute atomic E-state index is 5.14. The van der Waals surface area contributed by atoms with Crippen molar-refractivity contribution in [3.63, 3.8) is 0 Å². The summed E-state index contributed by atoms with van der Waals surface area (Å²) in [4.78, 5) is 6.81. The van der Waals surface area contributed by atoms with Crippen LogP contribution in [0.2, 0.25) is 0 Å². The van der Waals surface area contributed by atoms with Gasteiger partial charge in [-0.3, -0.25) is 4.99 Å². The number of likely N-dealkylation sites (tertiary alicyclic amines) is 1. The van der Waals surface area contributed by atoms with E-state index in [4.69, 9.17) is 4.74 Å². The molecule has 22 heavy (non-hydrogen) atoms. The van der Waals surface area contributed by atoms with Crippen LogP contribution in [0.1, 0.15) is 33.6 Å². The maximum atomic E-state index is 5.14. The van der Waals surface area contributed by atoms with Gasteiger partial charge in [-0.2, -0.15) is 0 Å². The van der Waals surface area contributed by atoms with Crippen LogP contribution in [0, 0.1) is 11.8 Å². The third-order valence-electron chi connectivity index (χ3n) is 4.46. The van der Waals surface area contributed by atoms with E-state index in [2.05, 4.69) is 41.3 Å². The van der Waals surface area contributed by atoms with Gasteiger partial charge in [-0.1, -0.05) is 13.8 Å². The first kappa shape index (κ1) is 21.9. The van der Waals surface area contributed by atoms with Gasteiger partial charge >= 0.3 is 0 Å². The first-order valence-corrected chi connectivity index (χ1v) is 8.25. The lowest BCUT2D eigenvalue weighted by molar-refractivity contribution is 0.121. The number of ether oxygens (including phenoxy) is 1. The third-order valence-corrected chi connectivity index (χ3v) is 4.46. The van der Waals surface area contributed by atoms with E-state index in [9.17, 15) is 0 Å². The topological polar surface area (TPSA) is 48.9 Å². The Morgan fingerprint density at radius 2 is 1.91 bits per heavy atom. The zero-order valence-corrected chi connectivity index (χ0v) is 17.2. The van der Waals surface area contributed by atoms with Gasteiger partial charge in [-0.25, -0.2) is 0 Å². The van der Waals surface area contributed by atoms with Gasteiger partial charge in [0.2, 0.25) is 0 Å². The summed E-state index contributed by atoms with van der Waals surface area (Å²) in [7, 11) is 3.61. The van der Waals surface area contributed by atoms with Crippen molar-refractivity contribution in [2.45, 2.75) is 39.7 Å². The van der Waals surface area contributed by atoms with E-state index in [1.54, 1.807) is 7.11 Å². The number of piperidine rings is 1. The van der Waals surface area contributed by atoms with Gasteiger partial charge in [-0.15, -0.1) is 24.0 Å². The van der Waals surface area contributed by atoms with Gasteiger partial charge in [-0.05, 0) is 44.7 Å². The minimum atomic E-state index is 0. The fourth-order valence-electron chi connectivity index (χ4n) is 2.45. The Morgan fingerprint density at radius 3 is 2.41 bits per heavy atom. The smallest absolute Gasteiger partial charge is 0.191 e.